The number of ketones is 1. The molecule has 1 atom stereocenters. The molecule has 0 aliphatic rings. The van der Waals surface area contributed by atoms with E-state index in [1.807, 2.05) is 0 Å². The first-order valence-corrected chi connectivity index (χ1v) is 6.01. The number of nitrogens with one attached hydrogen (secondary N) is 2. The highest BCUT2D eigenvalue weighted by atomic mass is 19.4. The number of carbonyl (C=O) groups excluding carboxylic acids is 2. The molecule has 1 aromatic carbocycles. The minimum Gasteiger partial charge on any atom is -0.328 e. The van der Waals surface area contributed by atoms with E-state index in [2.05, 4.69) is 10.6 Å². The van der Waals surface area contributed by atoms with Crippen LogP contribution in [0.1, 0.15) is 25.8 Å². The summed E-state index contributed by atoms with van der Waals surface area (Å²) in [5, 5.41) is 4.62. The molecule has 0 saturated carbocycles. The Morgan fingerprint density at radius 1 is 1.30 bits per heavy atom. The molecule has 1 aromatic rings. The van der Waals surface area contributed by atoms with Crippen molar-refractivity contribution < 1.29 is 22.8 Å². The lowest BCUT2D eigenvalue weighted by atomic mass is 10.2. The highest BCUT2D eigenvalue weighted by Crippen LogP contribution is 2.30. The molecular formula is C13H15F3N2O2. The molecule has 0 aliphatic heterocycles. The van der Waals surface area contributed by atoms with Gasteiger partial charge in [0.1, 0.15) is 0 Å². The lowest BCUT2D eigenvalue weighted by molar-refractivity contribution is -0.137. The molecule has 7 heteroatoms. The second-order valence-corrected chi connectivity index (χ2v) is 4.22. The third-order valence-electron chi connectivity index (χ3n) is 2.63. The van der Waals surface area contributed by atoms with Gasteiger partial charge in [-0.2, -0.15) is 13.2 Å². The van der Waals surface area contributed by atoms with Crippen LogP contribution in [0.2, 0.25) is 0 Å². The van der Waals surface area contributed by atoms with Crippen LogP contribution in [0.5, 0.6) is 0 Å². The van der Waals surface area contributed by atoms with Crippen molar-refractivity contribution in [3.05, 3.63) is 29.8 Å². The van der Waals surface area contributed by atoms with Gasteiger partial charge in [-0.15, -0.1) is 0 Å². The first-order chi connectivity index (χ1) is 9.24. The first kappa shape index (κ1) is 16.0. The van der Waals surface area contributed by atoms with E-state index in [1.54, 1.807) is 6.92 Å². The van der Waals surface area contributed by atoms with Crippen LogP contribution < -0.4 is 10.6 Å². The third-order valence-corrected chi connectivity index (χ3v) is 2.63. The normalized spacial score (nSPS) is 12.7. The molecule has 1 rings (SSSR count). The topological polar surface area (TPSA) is 58.2 Å². The summed E-state index contributed by atoms with van der Waals surface area (Å²) < 4.78 is 37.5. The van der Waals surface area contributed by atoms with E-state index in [0.29, 0.717) is 0 Å². The number of Topliss-reactive ketones (excluding diaryl/α,β-unsaturated/α-hetero) is 1. The van der Waals surface area contributed by atoms with Gasteiger partial charge in [0.2, 0.25) is 0 Å². The minimum atomic E-state index is -4.47. The zero-order valence-corrected chi connectivity index (χ0v) is 11.0. The van der Waals surface area contributed by atoms with Gasteiger partial charge in [-0.25, -0.2) is 4.79 Å². The Bertz CT molecular complexity index is 501. The number of urea groups is 1. The summed E-state index contributed by atoms with van der Waals surface area (Å²) in [6, 6.07) is 2.85. The Labute approximate surface area is 114 Å². The molecule has 0 heterocycles. The van der Waals surface area contributed by atoms with Gasteiger partial charge in [-0.3, -0.25) is 4.79 Å². The third kappa shape index (κ3) is 4.56. The summed E-state index contributed by atoms with van der Waals surface area (Å²) in [4.78, 5) is 22.8. The van der Waals surface area contributed by atoms with Crippen LogP contribution in [0.25, 0.3) is 0 Å². The zero-order valence-electron chi connectivity index (χ0n) is 11.0. The Balaban J connectivity index is 2.69. The van der Waals surface area contributed by atoms with E-state index < -0.39 is 23.8 Å². The number of anilines is 1. The van der Waals surface area contributed by atoms with Gasteiger partial charge in [-0.1, -0.05) is 13.0 Å². The van der Waals surface area contributed by atoms with E-state index in [1.165, 1.54) is 19.1 Å². The molecule has 2 N–H and O–H groups in total. The summed E-state index contributed by atoms with van der Waals surface area (Å²) in [6.45, 7) is 3.17. The fourth-order valence-electron chi connectivity index (χ4n) is 1.52. The maximum atomic E-state index is 12.5. The SMILES string of the molecule is CCC(=O)C(C)NC(=O)Nc1cccc(C(F)(F)F)c1. The minimum absolute atomic E-state index is 0.00784. The molecule has 1 unspecified atom stereocenters. The highest BCUT2D eigenvalue weighted by Gasteiger charge is 2.30. The molecule has 0 radical (unpaired) electrons. The van der Waals surface area contributed by atoms with Crippen molar-refractivity contribution in [2.24, 2.45) is 0 Å². The number of amides is 2. The van der Waals surface area contributed by atoms with Crippen LogP contribution in [0.3, 0.4) is 0 Å². The van der Waals surface area contributed by atoms with Gasteiger partial charge in [0, 0.05) is 12.1 Å². The lowest BCUT2D eigenvalue weighted by Crippen LogP contribution is -2.40. The van der Waals surface area contributed by atoms with E-state index in [0.717, 1.165) is 12.1 Å². The molecule has 0 aromatic heterocycles. The summed E-state index contributed by atoms with van der Waals surface area (Å²) in [5.41, 5.74) is -0.846. The summed E-state index contributed by atoms with van der Waals surface area (Å²) in [6.07, 6.45) is -4.20. The number of rotatable bonds is 4. The van der Waals surface area contributed by atoms with Gasteiger partial charge in [0.05, 0.1) is 11.6 Å². The smallest absolute Gasteiger partial charge is 0.328 e. The van der Waals surface area contributed by atoms with Crippen molar-refractivity contribution in [3.63, 3.8) is 0 Å². The maximum Gasteiger partial charge on any atom is 0.416 e. The number of benzene rings is 1. The molecule has 2 amide bonds. The number of hydrogen-bond donors (Lipinski definition) is 2. The second-order valence-electron chi connectivity index (χ2n) is 4.22. The van der Waals surface area contributed by atoms with Crippen LogP contribution in [-0.2, 0) is 11.0 Å². The van der Waals surface area contributed by atoms with Crippen LogP contribution in [0.4, 0.5) is 23.7 Å². The van der Waals surface area contributed by atoms with Crippen molar-refractivity contribution >= 4 is 17.5 Å². The zero-order chi connectivity index (χ0) is 15.3. The van der Waals surface area contributed by atoms with Crippen LogP contribution in [0.15, 0.2) is 24.3 Å². The molecule has 0 fully saturated rings. The molecule has 0 aliphatic carbocycles. The number of carbonyl (C=O) groups is 2. The molecule has 0 bridgehead atoms. The fraction of sp³-hybridized carbons (Fsp3) is 0.385. The monoisotopic (exact) mass is 288 g/mol. The van der Waals surface area contributed by atoms with E-state index in [4.69, 9.17) is 0 Å². The van der Waals surface area contributed by atoms with Crippen LogP contribution >= 0.6 is 0 Å². The molecule has 20 heavy (non-hydrogen) atoms. The Morgan fingerprint density at radius 2 is 1.95 bits per heavy atom. The number of halogens is 3. The summed E-state index contributed by atoms with van der Waals surface area (Å²) >= 11 is 0. The van der Waals surface area contributed by atoms with Crippen molar-refractivity contribution in [2.45, 2.75) is 32.5 Å². The Hall–Kier alpha value is -2.05. The molecule has 0 spiro atoms. The molecule has 0 saturated heterocycles. The van der Waals surface area contributed by atoms with Gasteiger partial charge < -0.3 is 10.6 Å². The van der Waals surface area contributed by atoms with Crippen molar-refractivity contribution in [1.29, 1.82) is 0 Å². The van der Waals surface area contributed by atoms with Crippen molar-refractivity contribution in [2.75, 3.05) is 5.32 Å². The van der Waals surface area contributed by atoms with Crippen molar-refractivity contribution in [1.82, 2.24) is 5.32 Å². The fourth-order valence-corrected chi connectivity index (χ4v) is 1.52. The van der Waals surface area contributed by atoms with Gasteiger partial charge >= 0.3 is 12.2 Å². The largest absolute Gasteiger partial charge is 0.416 e. The van der Waals surface area contributed by atoms with E-state index in [-0.39, 0.29) is 17.9 Å². The summed E-state index contributed by atoms with van der Waals surface area (Å²) in [7, 11) is 0. The predicted molar refractivity (Wildman–Crippen MR) is 68.4 cm³/mol. The Kier molecular flexibility index (Phi) is 5.12. The summed E-state index contributed by atoms with van der Waals surface area (Å²) in [5.74, 6) is -0.163. The van der Waals surface area contributed by atoms with Crippen LogP contribution in [0, 0.1) is 0 Å². The average Bonchev–Trinajstić information content (AvgIpc) is 2.36. The van der Waals surface area contributed by atoms with E-state index in [9.17, 15) is 22.8 Å². The van der Waals surface area contributed by atoms with Crippen molar-refractivity contribution in [3.8, 4) is 0 Å². The Morgan fingerprint density at radius 3 is 2.50 bits per heavy atom. The van der Waals surface area contributed by atoms with E-state index >= 15 is 0 Å². The highest BCUT2D eigenvalue weighted by molar-refractivity contribution is 5.94. The van der Waals surface area contributed by atoms with Crippen LogP contribution in [-0.4, -0.2) is 17.9 Å². The lowest BCUT2D eigenvalue weighted by Gasteiger charge is -2.14. The van der Waals surface area contributed by atoms with Gasteiger partial charge in [0.25, 0.3) is 0 Å². The average molecular weight is 288 g/mol. The molecule has 110 valence electrons. The predicted octanol–water partition coefficient (Wildman–Crippen LogP) is 3.19. The quantitative estimate of drug-likeness (QED) is 0.894. The van der Waals surface area contributed by atoms with Gasteiger partial charge in [-0.05, 0) is 25.1 Å². The molecular weight excluding hydrogens is 273 g/mol. The number of alkyl halides is 3. The standard InChI is InChI=1S/C13H15F3N2O2/c1-3-11(19)8(2)17-12(20)18-10-6-4-5-9(7-10)13(14,15)16/h4-8H,3H2,1-2H3,(H2,17,18,20). The first-order valence-electron chi connectivity index (χ1n) is 6.01. The van der Waals surface area contributed by atoms with Gasteiger partial charge in [0.15, 0.2) is 5.78 Å². The molecule has 4 nitrogen and oxygen atoms in total. The number of hydrogen-bond acceptors (Lipinski definition) is 2. The second kappa shape index (κ2) is 6.40. The maximum absolute atomic E-state index is 12.5.